The second kappa shape index (κ2) is 9.36. The zero-order valence-electron chi connectivity index (χ0n) is 14.3. The molecule has 1 amide bonds. The van der Waals surface area contributed by atoms with Crippen LogP contribution in [-0.2, 0) is 28.6 Å². The van der Waals surface area contributed by atoms with Gasteiger partial charge in [0.2, 0.25) is 0 Å². The van der Waals surface area contributed by atoms with Crippen LogP contribution in [0.25, 0.3) is 0 Å². The van der Waals surface area contributed by atoms with Crippen LogP contribution in [0.1, 0.15) is 17.3 Å². The van der Waals surface area contributed by atoms with Gasteiger partial charge in [0.15, 0.2) is 5.92 Å². The number of methoxy groups -OCH3 is 3. The summed E-state index contributed by atoms with van der Waals surface area (Å²) in [6.45, 7) is 1.44. The molecule has 0 bridgehead atoms. The molecule has 0 aliphatic rings. The van der Waals surface area contributed by atoms with Crippen LogP contribution in [0.5, 0.6) is 0 Å². The van der Waals surface area contributed by atoms with Crippen molar-refractivity contribution in [2.75, 3.05) is 21.3 Å². The van der Waals surface area contributed by atoms with Gasteiger partial charge in [0.25, 0.3) is 5.91 Å². The summed E-state index contributed by atoms with van der Waals surface area (Å²) >= 11 is 0. The Labute approximate surface area is 144 Å². The van der Waals surface area contributed by atoms with Crippen molar-refractivity contribution in [2.24, 2.45) is 11.8 Å². The van der Waals surface area contributed by atoms with E-state index >= 15 is 0 Å². The average molecular weight is 352 g/mol. The van der Waals surface area contributed by atoms with Crippen LogP contribution in [0.2, 0.25) is 0 Å². The van der Waals surface area contributed by atoms with E-state index in [4.69, 9.17) is 0 Å². The fraction of sp³-hybridized carbons (Fsp3) is 0.438. The minimum Gasteiger partial charge on any atom is -0.468 e. The van der Waals surface area contributed by atoms with E-state index in [1.807, 2.05) is 0 Å². The summed E-state index contributed by atoms with van der Waals surface area (Å²) in [4.78, 5) is 52.0. The van der Waals surface area contributed by atoms with Gasteiger partial charge in [-0.1, -0.05) is 6.92 Å². The first kappa shape index (κ1) is 20.1. The molecule has 0 fully saturated rings. The molecule has 0 aliphatic heterocycles. The first-order chi connectivity index (χ1) is 11.9. The maximum atomic E-state index is 12.3. The monoisotopic (exact) mass is 352 g/mol. The second-order valence-electron chi connectivity index (χ2n) is 5.09. The molecule has 0 unspecified atom stereocenters. The summed E-state index contributed by atoms with van der Waals surface area (Å²) in [6.07, 6.45) is 2.83. The predicted octanol–water partition coefficient (Wildman–Crippen LogP) is -0.0487. The molecule has 1 aromatic heterocycles. The molecule has 0 aliphatic carbocycles. The van der Waals surface area contributed by atoms with E-state index in [0.717, 1.165) is 21.3 Å². The number of esters is 3. The fourth-order valence-corrected chi connectivity index (χ4v) is 2.23. The maximum Gasteiger partial charge on any atom is 0.328 e. The largest absolute Gasteiger partial charge is 0.468 e. The van der Waals surface area contributed by atoms with Gasteiger partial charge in [-0.15, -0.1) is 0 Å². The van der Waals surface area contributed by atoms with Gasteiger partial charge < -0.3 is 19.5 Å². The molecule has 1 N–H and O–H groups in total. The van der Waals surface area contributed by atoms with Gasteiger partial charge in [-0.05, 0) is 12.1 Å². The third-order valence-corrected chi connectivity index (χ3v) is 3.65. The van der Waals surface area contributed by atoms with E-state index < -0.39 is 41.7 Å². The number of hydrogen-bond donors (Lipinski definition) is 1. The average Bonchev–Trinajstić information content (AvgIpc) is 2.65. The molecule has 0 aromatic carbocycles. The highest BCUT2D eigenvalue weighted by molar-refractivity contribution is 5.98. The van der Waals surface area contributed by atoms with E-state index in [1.54, 1.807) is 0 Å². The van der Waals surface area contributed by atoms with E-state index in [1.165, 1.54) is 31.5 Å². The zero-order chi connectivity index (χ0) is 19.0. The minimum absolute atomic E-state index is 0.254. The lowest BCUT2D eigenvalue weighted by atomic mass is 9.87. The maximum absolute atomic E-state index is 12.3. The number of aromatic nitrogens is 1. The van der Waals surface area contributed by atoms with Gasteiger partial charge in [-0.3, -0.25) is 19.4 Å². The van der Waals surface area contributed by atoms with Gasteiger partial charge in [0, 0.05) is 23.9 Å². The zero-order valence-corrected chi connectivity index (χ0v) is 14.3. The van der Waals surface area contributed by atoms with Gasteiger partial charge in [-0.25, -0.2) is 4.79 Å². The first-order valence-electron chi connectivity index (χ1n) is 7.31. The van der Waals surface area contributed by atoms with Gasteiger partial charge in [0.05, 0.1) is 21.3 Å². The van der Waals surface area contributed by atoms with Crippen molar-refractivity contribution >= 4 is 23.8 Å². The standard InChI is InChI=1S/C16H20N2O7/c1-9(11(14(20)23-2)15(21)24-3)12(16(22)25-4)18-13(19)10-5-7-17-8-6-10/h5-9,11-12H,1-4H3,(H,18,19)/t9-,12-/m1/s1. The van der Waals surface area contributed by atoms with Crippen LogP contribution in [-0.4, -0.2) is 56.2 Å². The lowest BCUT2D eigenvalue weighted by Gasteiger charge is -2.27. The molecule has 0 radical (unpaired) electrons. The molecule has 2 atom stereocenters. The number of pyridine rings is 1. The van der Waals surface area contributed by atoms with Crippen LogP contribution >= 0.6 is 0 Å². The van der Waals surface area contributed by atoms with Crippen molar-refractivity contribution in [2.45, 2.75) is 13.0 Å². The molecule has 0 saturated heterocycles. The molecule has 9 heteroatoms. The normalized spacial score (nSPS) is 12.7. The summed E-state index contributed by atoms with van der Waals surface area (Å²) < 4.78 is 13.9. The summed E-state index contributed by atoms with van der Waals surface area (Å²) in [5.74, 6) is -5.54. The Kier molecular flexibility index (Phi) is 7.51. The molecular weight excluding hydrogens is 332 g/mol. The van der Waals surface area contributed by atoms with Gasteiger partial charge in [0.1, 0.15) is 6.04 Å². The van der Waals surface area contributed by atoms with Crippen molar-refractivity contribution in [1.82, 2.24) is 10.3 Å². The lowest BCUT2D eigenvalue weighted by molar-refractivity contribution is -0.162. The molecule has 0 spiro atoms. The highest BCUT2D eigenvalue weighted by Crippen LogP contribution is 2.20. The number of hydrogen-bond acceptors (Lipinski definition) is 8. The molecule has 25 heavy (non-hydrogen) atoms. The third-order valence-electron chi connectivity index (χ3n) is 3.65. The highest BCUT2D eigenvalue weighted by atomic mass is 16.5. The molecule has 1 rings (SSSR count). The number of amides is 1. The third kappa shape index (κ3) is 5.00. The number of nitrogens with one attached hydrogen (secondary N) is 1. The topological polar surface area (TPSA) is 121 Å². The lowest BCUT2D eigenvalue weighted by Crippen LogP contribution is -2.51. The Morgan fingerprint density at radius 3 is 1.84 bits per heavy atom. The van der Waals surface area contributed by atoms with Gasteiger partial charge in [-0.2, -0.15) is 0 Å². The van der Waals surface area contributed by atoms with Gasteiger partial charge >= 0.3 is 17.9 Å². The second-order valence-corrected chi connectivity index (χ2v) is 5.09. The molecule has 9 nitrogen and oxygen atoms in total. The molecular formula is C16H20N2O7. The van der Waals surface area contributed by atoms with Crippen LogP contribution in [0.3, 0.4) is 0 Å². The number of nitrogens with zero attached hydrogens (tertiary/aromatic N) is 1. The van der Waals surface area contributed by atoms with E-state index in [2.05, 4.69) is 24.5 Å². The van der Waals surface area contributed by atoms with Crippen molar-refractivity contribution in [1.29, 1.82) is 0 Å². The van der Waals surface area contributed by atoms with Crippen LogP contribution in [0.15, 0.2) is 24.5 Å². The molecule has 1 aromatic rings. The number of ether oxygens (including phenoxy) is 3. The molecule has 0 saturated carbocycles. The molecule has 1 heterocycles. The van der Waals surface area contributed by atoms with Crippen LogP contribution < -0.4 is 5.32 Å². The Bertz CT molecular complexity index is 617. The first-order valence-corrected chi connectivity index (χ1v) is 7.31. The van der Waals surface area contributed by atoms with Crippen LogP contribution in [0, 0.1) is 11.8 Å². The smallest absolute Gasteiger partial charge is 0.328 e. The predicted molar refractivity (Wildman–Crippen MR) is 84.2 cm³/mol. The van der Waals surface area contributed by atoms with Crippen LogP contribution in [0.4, 0.5) is 0 Å². The van der Waals surface area contributed by atoms with E-state index in [0.29, 0.717) is 0 Å². The Morgan fingerprint density at radius 1 is 0.920 bits per heavy atom. The SMILES string of the molecule is COC(=O)C(C(=O)OC)[C@@H](C)[C@@H](NC(=O)c1ccncc1)C(=O)OC. The van der Waals surface area contributed by atoms with E-state index in [-0.39, 0.29) is 5.56 Å². The summed E-state index contributed by atoms with van der Waals surface area (Å²) in [5.41, 5.74) is 0.254. The summed E-state index contributed by atoms with van der Waals surface area (Å²) in [6, 6.07) is 1.63. The Hall–Kier alpha value is -2.97. The Morgan fingerprint density at radius 2 is 1.40 bits per heavy atom. The fourth-order valence-electron chi connectivity index (χ4n) is 2.23. The summed E-state index contributed by atoms with van der Waals surface area (Å²) in [5, 5.41) is 2.47. The summed E-state index contributed by atoms with van der Waals surface area (Å²) in [7, 11) is 3.34. The van der Waals surface area contributed by atoms with Crippen molar-refractivity contribution < 1.29 is 33.4 Å². The number of rotatable bonds is 7. The minimum atomic E-state index is -1.41. The number of carbonyl (C=O) groups is 4. The van der Waals surface area contributed by atoms with Crippen molar-refractivity contribution in [3.63, 3.8) is 0 Å². The number of carbonyl (C=O) groups excluding carboxylic acids is 4. The Balaban J connectivity index is 3.11. The van der Waals surface area contributed by atoms with Crippen molar-refractivity contribution in [3.8, 4) is 0 Å². The van der Waals surface area contributed by atoms with E-state index in [9.17, 15) is 19.2 Å². The quantitative estimate of drug-likeness (QED) is 0.412. The van der Waals surface area contributed by atoms with Crippen molar-refractivity contribution in [3.05, 3.63) is 30.1 Å². The molecule has 136 valence electrons. The highest BCUT2D eigenvalue weighted by Gasteiger charge is 2.42.